The van der Waals surface area contributed by atoms with Gasteiger partial charge in [-0.3, -0.25) is 9.69 Å². The molecule has 1 atom stereocenters. The molecular formula is C21H23ClF3N3O3. The molecule has 10 heteroatoms. The molecular weight excluding hydrogens is 435 g/mol. The molecule has 2 aromatic rings. The summed E-state index contributed by atoms with van der Waals surface area (Å²) < 4.78 is 40.7. The fourth-order valence-electron chi connectivity index (χ4n) is 3.47. The largest absolute Gasteiger partial charge is 0.573 e. The topological polar surface area (TPSA) is 65.0 Å². The maximum atomic E-state index is 12.3. The summed E-state index contributed by atoms with van der Waals surface area (Å²) in [5, 5.41) is 13.1. The number of benzene rings is 2. The minimum Gasteiger partial charge on any atom is -0.406 e. The molecule has 0 unspecified atom stereocenters. The lowest BCUT2D eigenvalue weighted by atomic mass is 10.1. The monoisotopic (exact) mass is 457 g/mol. The summed E-state index contributed by atoms with van der Waals surface area (Å²) in [5.74, 6) is -0.467. The molecule has 31 heavy (non-hydrogen) atoms. The number of carbonyl (C=O) groups is 1. The van der Waals surface area contributed by atoms with Crippen molar-refractivity contribution in [3.8, 4) is 5.75 Å². The van der Waals surface area contributed by atoms with Gasteiger partial charge in [0, 0.05) is 55.0 Å². The van der Waals surface area contributed by atoms with Crippen molar-refractivity contribution >= 4 is 28.9 Å². The van der Waals surface area contributed by atoms with Gasteiger partial charge in [0.25, 0.3) is 0 Å². The normalized spacial score (nSPS) is 16.1. The Labute approximate surface area is 183 Å². The number of rotatable bonds is 7. The quantitative estimate of drug-likeness (QED) is 0.663. The maximum Gasteiger partial charge on any atom is 0.573 e. The standard InChI is InChI=1S/C21H23ClF3N3O3/c22-15-1-3-16(4-2-15)26-20(30)13-18(14-29)28-11-9-27(10-12-28)17-5-7-19(8-6-17)31-21(23,24)25/h1-8,18,29H,9-14H2,(H,26,30)/t18-/m0/s1. The van der Waals surface area contributed by atoms with Gasteiger partial charge in [0.05, 0.1) is 6.61 Å². The predicted molar refractivity (Wildman–Crippen MR) is 112 cm³/mol. The Morgan fingerprint density at radius 3 is 2.23 bits per heavy atom. The van der Waals surface area contributed by atoms with Crippen molar-refractivity contribution in [2.75, 3.05) is 43.0 Å². The van der Waals surface area contributed by atoms with E-state index in [-0.39, 0.29) is 30.7 Å². The SMILES string of the molecule is O=C(C[C@@H](CO)N1CCN(c2ccc(OC(F)(F)F)cc2)CC1)Nc1ccc(Cl)cc1. The number of hydrogen-bond acceptors (Lipinski definition) is 5. The third kappa shape index (κ3) is 7.02. The average molecular weight is 458 g/mol. The van der Waals surface area contributed by atoms with Gasteiger partial charge in [0.15, 0.2) is 0 Å². The Morgan fingerprint density at radius 2 is 1.68 bits per heavy atom. The number of nitrogens with zero attached hydrogens (tertiary/aromatic N) is 2. The Bertz CT molecular complexity index is 855. The summed E-state index contributed by atoms with van der Waals surface area (Å²) in [6.07, 6.45) is -4.57. The van der Waals surface area contributed by atoms with Gasteiger partial charge < -0.3 is 20.1 Å². The van der Waals surface area contributed by atoms with Crippen molar-refractivity contribution in [2.24, 2.45) is 0 Å². The molecule has 0 aliphatic carbocycles. The maximum absolute atomic E-state index is 12.3. The van der Waals surface area contributed by atoms with Crippen LogP contribution in [0, 0.1) is 0 Å². The lowest BCUT2D eigenvalue weighted by Crippen LogP contribution is -2.52. The summed E-state index contributed by atoms with van der Waals surface area (Å²) in [7, 11) is 0. The van der Waals surface area contributed by atoms with Crippen LogP contribution in [0.25, 0.3) is 0 Å². The van der Waals surface area contributed by atoms with Crippen molar-refractivity contribution in [1.29, 1.82) is 0 Å². The molecule has 3 rings (SSSR count). The Hall–Kier alpha value is -2.49. The molecule has 0 bridgehead atoms. The lowest BCUT2D eigenvalue weighted by Gasteiger charge is -2.39. The number of aliphatic hydroxyl groups is 1. The van der Waals surface area contributed by atoms with E-state index in [0.717, 1.165) is 5.69 Å². The number of carbonyl (C=O) groups excluding carboxylic acids is 1. The molecule has 6 nitrogen and oxygen atoms in total. The summed E-state index contributed by atoms with van der Waals surface area (Å²) in [4.78, 5) is 16.4. The first kappa shape index (κ1) is 23.2. The highest BCUT2D eigenvalue weighted by Crippen LogP contribution is 2.26. The third-order valence-electron chi connectivity index (χ3n) is 5.03. The van der Waals surface area contributed by atoms with Crippen LogP contribution in [0.4, 0.5) is 24.5 Å². The number of aliphatic hydroxyl groups excluding tert-OH is 1. The second-order valence-corrected chi connectivity index (χ2v) is 7.60. The zero-order valence-electron chi connectivity index (χ0n) is 16.6. The summed E-state index contributed by atoms with van der Waals surface area (Å²) >= 11 is 5.84. The second kappa shape index (κ2) is 10.2. The van der Waals surface area contributed by atoms with Crippen LogP contribution in [-0.2, 0) is 4.79 Å². The van der Waals surface area contributed by atoms with Crippen LogP contribution in [0.3, 0.4) is 0 Å². The minimum absolute atomic E-state index is 0.141. The number of halogens is 4. The average Bonchev–Trinajstić information content (AvgIpc) is 2.73. The van der Waals surface area contributed by atoms with Crippen molar-refractivity contribution in [2.45, 2.75) is 18.8 Å². The molecule has 1 heterocycles. The van der Waals surface area contributed by atoms with Gasteiger partial charge in [-0.15, -0.1) is 13.2 Å². The number of ether oxygens (including phenoxy) is 1. The predicted octanol–water partition coefficient (Wildman–Crippen LogP) is 3.75. The van der Waals surface area contributed by atoms with Crippen LogP contribution in [0.5, 0.6) is 5.75 Å². The Kier molecular flexibility index (Phi) is 7.64. The van der Waals surface area contributed by atoms with E-state index in [0.29, 0.717) is 36.9 Å². The van der Waals surface area contributed by atoms with Gasteiger partial charge in [0.2, 0.25) is 5.91 Å². The Balaban J connectivity index is 1.50. The van der Waals surface area contributed by atoms with E-state index in [1.54, 1.807) is 36.4 Å². The smallest absolute Gasteiger partial charge is 0.406 e. The van der Waals surface area contributed by atoms with Gasteiger partial charge in [-0.1, -0.05) is 11.6 Å². The molecule has 1 fully saturated rings. The lowest BCUT2D eigenvalue weighted by molar-refractivity contribution is -0.274. The molecule has 1 saturated heterocycles. The number of hydrogen-bond donors (Lipinski definition) is 2. The molecule has 0 radical (unpaired) electrons. The highest BCUT2D eigenvalue weighted by atomic mass is 35.5. The molecule has 0 saturated carbocycles. The van der Waals surface area contributed by atoms with E-state index in [1.165, 1.54) is 12.1 Å². The fraction of sp³-hybridized carbons (Fsp3) is 0.381. The van der Waals surface area contributed by atoms with Crippen molar-refractivity contribution in [1.82, 2.24) is 4.90 Å². The number of nitrogens with one attached hydrogen (secondary N) is 1. The first-order valence-electron chi connectivity index (χ1n) is 9.74. The Morgan fingerprint density at radius 1 is 1.06 bits per heavy atom. The van der Waals surface area contributed by atoms with Crippen LogP contribution < -0.4 is 15.0 Å². The first-order valence-corrected chi connectivity index (χ1v) is 10.1. The summed E-state index contributed by atoms with van der Waals surface area (Å²) in [5.41, 5.74) is 1.42. The van der Waals surface area contributed by atoms with Crippen LogP contribution in [-0.4, -0.2) is 61.1 Å². The second-order valence-electron chi connectivity index (χ2n) is 7.16. The molecule has 0 aromatic heterocycles. The van der Waals surface area contributed by atoms with Crippen LogP contribution in [0.1, 0.15) is 6.42 Å². The van der Waals surface area contributed by atoms with E-state index in [1.807, 2.05) is 9.80 Å². The molecule has 0 spiro atoms. The number of piperazine rings is 1. The molecule has 2 N–H and O–H groups in total. The summed E-state index contributed by atoms with van der Waals surface area (Å²) in [6.45, 7) is 2.31. The molecule has 1 aliphatic heterocycles. The zero-order valence-corrected chi connectivity index (χ0v) is 17.4. The minimum atomic E-state index is -4.72. The molecule has 1 aliphatic rings. The molecule has 168 valence electrons. The van der Waals surface area contributed by atoms with Crippen LogP contribution in [0.15, 0.2) is 48.5 Å². The van der Waals surface area contributed by atoms with E-state index in [4.69, 9.17) is 11.6 Å². The first-order chi connectivity index (χ1) is 14.7. The van der Waals surface area contributed by atoms with Crippen molar-refractivity contribution in [3.63, 3.8) is 0 Å². The fourth-order valence-corrected chi connectivity index (χ4v) is 3.60. The molecule has 1 amide bonds. The number of amides is 1. The van der Waals surface area contributed by atoms with E-state index >= 15 is 0 Å². The third-order valence-corrected chi connectivity index (χ3v) is 5.28. The van der Waals surface area contributed by atoms with Gasteiger partial charge in [-0.25, -0.2) is 0 Å². The van der Waals surface area contributed by atoms with Crippen LogP contribution in [0.2, 0.25) is 5.02 Å². The van der Waals surface area contributed by atoms with Crippen molar-refractivity contribution in [3.05, 3.63) is 53.6 Å². The van der Waals surface area contributed by atoms with E-state index in [2.05, 4.69) is 10.1 Å². The highest BCUT2D eigenvalue weighted by molar-refractivity contribution is 6.30. The highest BCUT2D eigenvalue weighted by Gasteiger charge is 2.31. The van der Waals surface area contributed by atoms with Gasteiger partial charge >= 0.3 is 6.36 Å². The summed E-state index contributed by atoms with van der Waals surface area (Å²) in [6, 6.07) is 12.2. The van der Waals surface area contributed by atoms with Gasteiger partial charge in [-0.2, -0.15) is 0 Å². The van der Waals surface area contributed by atoms with E-state index in [9.17, 15) is 23.1 Å². The number of anilines is 2. The zero-order chi connectivity index (χ0) is 22.4. The van der Waals surface area contributed by atoms with Gasteiger partial charge in [-0.05, 0) is 48.5 Å². The van der Waals surface area contributed by atoms with Gasteiger partial charge in [0.1, 0.15) is 5.75 Å². The van der Waals surface area contributed by atoms with E-state index < -0.39 is 6.36 Å². The number of alkyl halides is 3. The van der Waals surface area contributed by atoms with Crippen LogP contribution >= 0.6 is 11.6 Å². The molecule has 2 aromatic carbocycles. The van der Waals surface area contributed by atoms with Crippen molar-refractivity contribution < 1.29 is 27.8 Å².